The number of likely N-dealkylation sites (N-methyl/N-ethyl adjacent to an activating group) is 1. The lowest BCUT2D eigenvalue weighted by Gasteiger charge is -2.21. The minimum absolute atomic E-state index is 0.0277. The number of rotatable bonds is 7. The van der Waals surface area contributed by atoms with Gasteiger partial charge in [0.25, 0.3) is 0 Å². The van der Waals surface area contributed by atoms with E-state index in [4.69, 9.17) is 25.8 Å². The van der Waals surface area contributed by atoms with Crippen molar-refractivity contribution >= 4 is 33.4 Å². The summed E-state index contributed by atoms with van der Waals surface area (Å²) in [5, 5.41) is 0.447. The highest BCUT2D eigenvalue weighted by molar-refractivity contribution is 7.89. The Kier molecular flexibility index (Phi) is 6.77. The van der Waals surface area contributed by atoms with Crippen molar-refractivity contribution in [3.63, 3.8) is 0 Å². The molecule has 0 N–H and O–H groups in total. The first-order valence-corrected chi connectivity index (χ1v) is 10.7. The van der Waals surface area contributed by atoms with Crippen LogP contribution in [0.1, 0.15) is 28.4 Å². The molecular weight excluding hydrogens is 434 g/mol. The molecule has 2 aromatic rings. The van der Waals surface area contributed by atoms with E-state index in [-0.39, 0.29) is 24.1 Å². The van der Waals surface area contributed by atoms with Crippen LogP contribution in [0.15, 0.2) is 41.3 Å². The molecule has 8 nitrogen and oxygen atoms in total. The SMILES string of the molecule is CC(=O)c1ccc(S(=O)(=O)N(C)CC(=O)OCc2cc(Cl)cc3c2OCOC3)cc1. The fourth-order valence-electron chi connectivity index (χ4n) is 2.88. The molecule has 2 aromatic carbocycles. The highest BCUT2D eigenvalue weighted by Gasteiger charge is 2.24. The van der Waals surface area contributed by atoms with Crippen LogP contribution < -0.4 is 4.74 Å². The Labute approximate surface area is 179 Å². The van der Waals surface area contributed by atoms with Crippen molar-refractivity contribution in [3.8, 4) is 5.75 Å². The number of fused-ring (bicyclic) bond motifs is 1. The third-order valence-electron chi connectivity index (χ3n) is 4.46. The van der Waals surface area contributed by atoms with Crippen molar-refractivity contribution in [3.05, 3.63) is 58.1 Å². The van der Waals surface area contributed by atoms with Crippen molar-refractivity contribution in [1.29, 1.82) is 0 Å². The maximum atomic E-state index is 12.6. The number of halogens is 1. The summed E-state index contributed by atoms with van der Waals surface area (Å²) in [6.45, 7) is 1.20. The number of carbonyl (C=O) groups is 2. The Balaban J connectivity index is 1.65. The summed E-state index contributed by atoms with van der Waals surface area (Å²) in [7, 11) is -2.65. The molecule has 0 radical (unpaired) electrons. The Hall–Kier alpha value is -2.46. The summed E-state index contributed by atoms with van der Waals surface area (Å²) in [6.07, 6.45) is 0. The van der Waals surface area contributed by atoms with Gasteiger partial charge in [-0.25, -0.2) is 8.42 Å². The monoisotopic (exact) mass is 453 g/mol. The summed E-state index contributed by atoms with van der Waals surface area (Å²) >= 11 is 6.08. The van der Waals surface area contributed by atoms with Crippen LogP contribution in [0.5, 0.6) is 5.75 Å². The topological polar surface area (TPSA) is 99.2 Å². The Bertz CT molecular complexity index is 1070. The number of hydrogen-bond acceptors (Lipinski definition) is 7. The van der Waals surface area contributed by atoms with Gasteiger partial charge in [0, 0.05) is 28.8 Å². The van der Waals surface area contributed by atoms with Gasteiger partial charge in [0.05, 0.1) is 11.5 Å². The zero-order valence-electron chi connectivity index (χ0n) is 16.4. The van der Waals surface area contributed by atoms with Crippen molar-refractivity contribution < 1.29 is 32.2 Å². The third-order valence-corrected chi connectivity index (χ3v) is 6.50. The number of esters is 1. The fraction of sp³-hybridized carbons (Fsp3) is 0.300. The molecule has 0 fully saturated rings. The van der Waals surface area contributed by atoms with E-state index in [0.29, 0.717) is 28.5 Å². The molecule has 1 aliphatic rings. The zero-order chi connectivity index (χ0) is 21.9. The number of ether oxygens (including phenoxy) is 3. The average Bonchev–Trinajstić information content (AvgIpc) is 2.71. The van der Waals surface area contributed by atoms with E-state index < -0.39 is 22.5 Å². The van der Waals surface area contributed by atoms with Gasteiger partial charge in [0.1, 0.15) is 18.9 Å². The molecule has 0 saturated heterocycles. The molecule has 1 aliphatic heterocycles. The van der Waals surface area contributed by atoms with Gasteiger partial charge in [-0.3, -0.25) is 9.59 Å². The quantitative estimate of drug-likeness (QED) is 0.469. The van der Waals surface area contributed by atoms with Gasteiger partial charge in [0.15, 0.2) is 12.6 Å². The van der Waals surface area contributed by atoms with Crippen LogP contribution in [-0.2, 0) is 37.5 Å². The minimum atomic E-state index is -3.92. The van der Waals surface area contributed by atoms with Crippen molar-refractivity contribution in [2.75, 3.05) is 20.4 Å². The lowest BCUT2D eigenvalue weighted by molar-refractivity contribution is -0.145. The van der Waals surface area contributed by atoms with Crippen LogP contribution in [0.2, 0.25) is 5.02 Å². The molecule has 160 valence electrons. The second-order valence-electron chi connectivity index (χ2n) is 6.67. The molecule has 0 atom stereocenters. The zero-order valence-corrected chi connectivity index (χ0v) is 18.0. The fourth-order valence-corrected chi connectivity index (χ4v) is 4.25. The van der Waals surface area contributed by atoms with E-state index in [1.807, 2.05) is 0 Å². The maximum absolute atomic E-state index is 12.6. The summed E-state index contributed by atoms with van der Waals surface area (Å²) in [5.74, 6) is -0.359. The minimum Gasteiger partial charge on any atom is -0.467 e. The van der Waals surface area contributed by atoms with Gasteiger partial charge < -0.3 is 14.2 Å². The second-order valence-corrected chi connectivity index (χ2v) is 9.15. The largest absolute Gasteiger partial charge is 0.467 e. The molecule has 0 aliphatic carbocycles. The van der Waals surface area contributed by atoms with E-state index in [1.54, 1.807) is 12.1 Å². The first-order chi connectivity index (χ1) is 14.2. The summed E-state index contributed by atoms with van der Waals surface area (Å²) in [5.41, 5.74) is 1.71. The molecule has 0 bridgehead atoms. The molecule has 3 rings (SSSR count). The van der Waals surface area contributed by atoms with Crippen LogP contribution >= 0.6 is 11.6 Å². The van der Waals surface area contributed by atoms with Gasteiger partial charge in [0.2, 0.25) is 10.0 Å². The standard InChI is InChI=1S/C20H20ClNO7S/c1-13(23)14-3-5-18(6-4-14)30(25,26)22(2)9-19(24)28-11-16-8-17(21)7-15-10-27-12-29-20(15)16/h3-8H,9-12H2,1-2H3. The van der Waals surface area contributed by atoms with Gasteiger partial charge in [-0.15, -0.1) is 0 Å². The maximum Gasteiger partial charge on any atom is 0.321 e. The Morgan fingerprint density at radius 2 is 1.90 bits per heavy atom. The smallest absolute Gasteiger partial charge is 0.321 e. The van der Waals surface area contributed by atoms with Crippen LogP contribution in [0, 0.1) is 0 Å². The molecule has 1 heterocycles. The van der Waals surface area contributed by atoms with Crippen LogP contribution in [0.25, 0.3) is 0 Å². The normalized spacial score (nSPS) is 13.5. The third kappa shape index (κ3) is 4.99. The second kappa shape index (κ2) is 9.13. The van der Waals surface area contributed by atoms with Gasteiger partial charge in [-0.1, -0.05) is 23.7 Å². The molecule has 0 aromatic heterocycles. The van der Waals surface area contributed by atoms with E-state index in [9.17, 15) is 18.0 Å². The number of sulfonamides is 1. The first-order valence-electron chi connectivity index (χ1n) is 8.93. The number of nitrogens with zero attached hydrogens (tertiary/aromatic N) is 1. The molecule has 0 unspecified atom stereocenters. The summed E-state index contributed by atoms with van der Waals surface area (Å²) in [4.78, 5) is 23.5. The van der Waals surface area contributed by atoms with Gasteiger partial charge in [-0.2, -0.15) is 4.31 Å². The summed E-state index contributed by atoms with van der Waals surface area (Å²) < 4.78 is 42.1. The van der Waals surface area contributed by atoms with E-state index in [1.165, 1.54) is 38.2 Å². The van der Waals surface area contributed by atoms with Gasteiger partial charge in [-0.05, 0) is 31.2 Å². The molecule has 0 amide bonds. The van der Waals surface area contributed by atoms with E-state index >= 15 is 0 Å². The Morgan fingerprint density at radius 1 is 1.20 bits per heavy atom. The predicted molar refractivity (Wildman–Crippen MR) is 108 cm³/mol. The predicted octanol–water partition coefficient (Wildman–Crippen LogP) is 2.77. The number of benzene rings is 2. The molecular formula is C20H20ClNO7S. The average molecular weight is 454 g/mol. The number of hydrogen-bond donors (Lipinski definition) is 0. The van der Waals surface area contributed by atoms with E-state index in [2.05, 4.69) is 0 Å². The number of Topliss-reactive ketones (excluding diaryl/α,β-unsaturated/α-hetero) is 1. The summed E-state index contributed by atoms with van der Waals surface area (Å²) in [6, 6.07) is 8.83. The highest BCUT2D eigenvalue weighted by Crippen LogP contribution is 2.32. The first kappa shape index (κ1) is 22.2. The lowest BCUT2D eigenvalue weighted by Crippen LogP contribution is -2.33. The molecule has 0 spiro atoms. The highest BCUT2D eigenvalue weighted by atomic mass is 35.5. The lowest BCUT2D eigenvalue weighted by atomic mass is 10.1. The van der Waals surface area contributed by atoms with Crippen LogP contribution in [0.4, 0.5) is 0 Å². The van der Waals surface area contributed by atoms with Gasteiger partial charge >= 0.3 is 5.97 Å². The van der Waals surface area contributed by atoms with E-state index in [0.717, 1.165) is 9.87 Å². The molecule has 30 heavy (non-hydrogen) atoms. The number of carbonyl (C=O) groups excluding carboxylic acids is 2. The number of ketones is 1. The van der Waals surface area contributed by atoms with Crippen LogP contribution in [-0.4, -0.2) is 44.9 Å². The van der Waals surface area contributed by atoms with Crippen molar-refractivity contribution in [2.45, 2.75) is 25.0 Å². The van der Waals surface area contributed by atoms with Crippen molar-refractivity contribution in [1.82, 2.24) is 4.31 Å². The molecule has 10 heteroatoms. The van der Waals surface area contributed by atoms with Crippen molar-refractivity contribution in [2.24, 2.45) is 0 Å². The Morgan fingerprint density at radius 3 is 2.57 bits per heavy atom. The molecule has 0 saturated carbocycles. The van der Waals surface area contributed by atoms with Crippen LogP contribution in [0.3, 0.4) is 0 Å².